The molecule has 2 rings (SSSR count). The van der Waals surface area contributed by atoms with E-state index in [4.69, 9.17) is 9.47 Å². The molecule has 0 N–H and O–H groups in total. The summed E-state index contributed by atoms with van der Waals surface area (Å²) in [5.74, 6) is 3.58. The molecule has 2 saturated carbocycles. The minimum atomic E-state index is 0.711. The van der Waals surface area contributed by atoms with E-state index in [0.29, 0.717) is 6.61 Å². The Morgan fingerprint density at radius 2 is 1.16 bits per heavy atom. The van der Waals surface area contributed by atoms with Crippen LogP contribution in [0.15, 0.2) is 24.8 Å². The highest BCUT2D eigenvalue weighted by Crippen LogP contribution is 2.36. The summed E-state index contributed by atoms with van der Waals surface area (Å²) in [5, 5.41) is 0. The Bertz CT molecular complexity index is 360. The fraction of sp³-hybridized carbons (Fsp3) is 0.826. The quantitative estimate of drug-likeness (QED) is 0.328. The third kappa shape index (κ3) is 8.55. The zero-order chi connectivity index (χ0) is 17.7. The SMILES string of the molecule is C=CCOCC1CCC(CCC2CCC(COC/C=C\C)CC2)CC1. The molecule has 0 aromatic rings. The lowest BCUT2D eigenvalue weighted by Crippen LogP contribution is -2.21. The van der Waals surface area contributed by atoms with E-state index in [2.05, 4.69) is 25.7 Å². The van der Waals surface area contributed by atoms with Crippen molar-refractivity contribution in [3.63, 3.8) is 0 Å². The standard InChI is InChI=1S/C23H40O2/c1-3-5-17-25-19-23-14-10-21(11-15-23)7-6-20-8-12-22(13-9-20)18-24-16-4-2/h3-5,20-23H,2,6-19H2,1H3/b5-3-. The van der Waals surface area contributed by atoms with Gasteiger partial charge < -0.3 is 9.47 Å². The minimum absolute atomic E-state index is 0.711. The monoisotopic (exact) mass is 348 g/mol. The molecule has 0 amide bonds. The summed E-state index contributed by atoms with van der Waals surface area (Å²) < 4.78 is 11.4. The lowest BCUT2D eigenvalue weighted by molar-refractivity contribution is 0.0877. The van der Waals surface area contributed by atoms with Crippen LogP contribution in [0.3, 0.4) is 0 Å². The number of ether oxygens (including phenoxy) is 2. The molecule has 2 aliphatic carbocycles. The second kappa shape index (κ2) is 12.7. The Morgan fingerprint density at radius 1 is 0.720 bits per heavy atom. The van der Waals surface area contributed by atoms with Crippen LogP contribution < -0.4 is 0 Å². The van der Waals surface area contributed by atoms with Gasteiger partial charge in [0.05, 0.1) is 13.2 Å². The predicted molar refractivity (Wildman–Crippen MR) is 107 cm³/mol. The van der Waals surface area contributed by atoms with Crippen molar-refractivity contribution in [3.05, 3.63) is 24.8 Å². The highest BCUT2D eigenvalue weighted by Gasteiger charge is 2.24. The molecule has 0 atom stereocenters. The van der Waals surface area contributed by atoms with Crippen molar-refractivity contribution in [1.29, 1.82) is 0 Å². The zero-order valence-corrected chi connectivity index (χ0v) is 16.5. The molecule has 0 saturated heterocycles. The second-order valence-corrected chi connectivity index (χ2v) is 8.28. The highest BCUT2D eigenvalue weighted by atomic mass is 16.5. The molecule has 2 aliphatic rings. The average Bonchev–Trinajstić information content (AvgIpc) is 2.66. The van der Waals surface area contributed by atoms with E-state index in [9.17, 15) is 0 Å². The molecule has 0 aromatic heterocycles. The summed E-state index contributed by atoms with van der Waals surface area (Å²) >= 11 is 0. The third-order valence-corrected chi connectivity index (χ3v) is 6.31. The maximum Gasteiger partial charge on any atom is 0.0647 e. The van der Waals surface area contributed by atoms with Gasteiger partial charge in [0.1, 0.15) is 0 Å². The summed E-state index contributed by atoms with van der Waals surface area (Å²) in [4.78, 5) is 0. The van der Waals surface area contributed by atoms with Crippen molar-refractivity contribution in [2.24, 2.45) is 23.7 Å². The minimum Gasteiger partial charge on any atom is -0.377 e. The maximum atomic E-state index is 5.75. The van der Waals surface area contributed by atoms with Gasteiger partial charge in [-0.25, -0.2) is 0 Å². The Kier molecular flexibility index (Phi) is 10.5. The summed E-state index contributed by atoms with van der Waals surface area (Å²) in [6.45, 7) is 9.18. The lowest BCUT2D eigenvalue weighted by atomic mass is 9.76. The largest absolute Gasteiger partial charge is 0.377 e. The third-order valence-electron chi connectivity index (χ3n) is 6.31. The van der Waals surface area contributed by atoms with Crippen molar-refractivity contribution < 1.29 is 9.47 Å². The molecule has 0 aromatic carbocycles. The van der Waals surface area contributed by atoms with Crippen molar-refractivity contribution in [2.75, 3.05) is 26.4 Å². The molecular weight excluding hydrogens is 308 g/mol. The van der Waals surface area contributed by atoms with Crippen LogP contribution in [0.25, 0.3) is 0 Å². The molecule has 0 unspecified atom stereocenters. The summed E-state index contributed by atoms with van der Waals surface area (Å²) in [5.41, 5.74) is 0. The number of rotatable bonds is 11. The van der Waals surface area contributed by atoms with E-state index >= 15 is 0 Å². The van der Waals surface area contributed by atoms with E-state index in [1.807, 2.05) is 6.08 Å². The normalized spacial score (nSPS) is 30.6. The Labute approximate surface area is 156 Å². The van der Waals surface area contributed by atoms with Gasteiger partial charge in [-0.2, -0.15) is 0 Å². The molecule has 2 nitrogen and oxygen atoms in total. The molecule has 0 aliphatic heterocycles. The smallest absolute Gasteiger partial charge is 0.0647 e. The first-order chi connectivity index (χ1) is 12.3. The number of allylic oxidation sites excluding steroid dienone is 1. The molecule has 0 bridgehead atoms. The zero-order valence-electron chi connectivity index (χ0n) is 16.5. The first-order valence-corrected chi connectivity index (χ1v) is 10.7. The van der Waals surface area contributed by atoms with Gasteiger partial charge >= 0.3 is 0 Å². The molecule has 144 valence electrons. The van der Waals surface area contributed by atoms with E-state index in [0.717, 1.165) is 43.5 Å². The van der Waals surface area contributed by atoms with Crippen molar-refractivity contribution in [3.8, 4) is 0 Å². The fourth-order valence-corrected chi connectivity index (χ4v) is 4.56. The Hall–Kier alpha value is -0.600. The number of hydrogen-bond acceptors (Lipinski definition) is 2. The highest BCUT2D eigenvalue weighted by molar-refractivity contribution is 4.78. The van der Waals surface area contributed by atoms with Gasteiger partial charge in [0.15, 0.2) is 0 Å². The van der Waals surface area contributed by atoms with Crippen LogP contribution in [0.2, 0.25) is 0 Å². The van der Waals surface area contributed by atoms with Gasteiger partial charge in [-0.3, -0.25) is 0 Å². The topological polar surface area (TPSA) is 18.5 Å². The van der Waals surface area contributed by atoms with Crippen molar-refractivity contribution in [1.82, 2.24) is 0 Å². The van der Waals surface area contributed by atoms with Crippen LogP contribution in [0.5, 0.6) is 0 Å². The Balaban J connectivity index is 1.50. The van der Waals surface area contributed by atoms with E-state index in [1.54, 1.807) is 0 Å². The molecule has 0 heterocycles. The van der Waals surface area contributed by atoms with Crippen LogP contribution in [-0.2, 0) is 9.47 Å². The summed E-state index contributed by atoms with van der Waals surface area (Å²) in [6, 6.07) is 0. The summed E-state index contributed by atoms with van der Waals surface area (Å²) in [6.07, 6.45) is 20.2. The molecular formula is C23H40O2. The van der Waals surface area contributed by atoms with Gasteiger partial charge in [0.2, 0.25) is 0 Å². The second-order valence-electron chi connectivity index (χ2n) is 8.28. The average molecular weight is 349 g/mol. The van der Waals surface area contributed by atoms with Crippen LogP contribution in [0.1, 0.15) is 71.1 Å². The first-order valence-electron chi connectivity index (χ1n) is 10.7. The van der Waals surface area contributed by atoms with Gasteiger partial charge in [-0.15, -0.1) is 6.58 Å². The van der Waals surface area contributed by atoms with Gasteiger partial charge in [0.25, 0.3) is 0 Å². The van der Waals surface area contributed by atoms with Crippen LogP contribution in [0.4, 0.5) is 0 Å². The van der Waals surface area contributed by atoms with Crippen LogP contribution in [-0.4, -0.2) is 26.4 Å². The van der Waals surface area contributed by atoms with Gasteiger partial charge in [-0.05, 0) is 56.3 Å². The van der Waals surface area contributed by atoms with Gasteiger partial charge in [0, 0.05) is 13.2 Å². The molecule has 0 radical (unpaired) electrons. The van der Waals surface area contributed by atoms with Crippen molar-refractivity contribution in [2.45, 2.75) is 71.1 Å². The van der Waals surface area contributed by atoms with Crippen molar-refractivity contribution >= 4 is 0 Å². The molecule has 0 spiro atoms. The van der Waals surface area contributed by atoms with E-state index in [-0.39, 0.29) is 0 Å². The fourth-order valence-electron chi connectivity index (χ4n) is 4.56. The summed E-state index contributed by atoms with van der Waals surface area (Å²) in [7, 11) is 0. The maximum absolute atomic E-state index is 5.75. The number of hydrogen-bond donors (Lipinski definition) is 0. The molecule has 2 heteroatoms. The Morgan fingerprint density at radius 3 is 1.60 bits per heavy atom. The molecule has 2 fully saturated rings. The van der Waals surface area contributed by atoms with Gasteiger partial charge in [-0.1, -0.05) is 56.8 Å². The first kappa shape index (κ1) is 20.7. The van der Waals surface area contributed by atoms with E-state index < -0.39 is 0 Å². The molecule has 25 heavy (non-hydrogen) atoms. The van der Waals surface area contributed by atoms with E-state index in [1.165, 1.54) is 64.2 Å². The van der Waals surface area contributed by atoms with Crippen LogP contribution >= 0.6 is 0 Å². The lowest BCUT2D eigenvalue weighted by Gasteiger charge is -2.31. The van der Waals surface area contributed by atoms with Crippen LogP contribution in [0, 0.1) is 23.7 Å². The predicted octanol–water partition coefficient (Wildman–Crippen LogP) is 6.17.